The Labute approximate surface area is 163 Å². The van der Waals surface area contributed by atoms with Crippen molar-refractivity contribution in [1.82, 2.24) is 4.90 Å². The predicted molar refractivity (Wildman–Crippen MR) is 101 cm³/mol. The lowest BCUT2D eigenvalue weighted by molar-refractivity contribution is -0.0430. The van der Waals surface area contributed by atoms with E-state index in [0.29, 0.717) is 37.9 Å². The van der Waals surface area contributed by atoms with E-state index in [2.05, 4.69) is 15.9 Å². The summed E-state index contributed by atoms with van der Waals surface area (Å²) in [6, 6.07) is 9.67. The van der Waals surface area contributed by atoms with Crippen LogP contribution in [0.15, 0.2) is 40.2 Å². The van der Waals surface area contributed by atoms with Gasteiger partial charge in [-0.2, -0.15) is 0 Å². The molecule has 2 aliphatic heterocycles. The Morgan fingerprint density at radius 3 is 2.50 bits per heavy atom. The first-order chi connectivity index (χ1) is 12.4. The normalized spacial score (nSPS) is 25.0. The number of rotatable bonds is 2. The Balaban J connectivity index is 1.43. The summed E-state index contributed by atoms with van der Waals surface area (Å²) < 4.78 is 20.1. The van der Waals surface area contributed by atoms with Crippen molar-refractivity contribution in [2.45, 2.75) is 30.5 Å². The number of nitrogens with zero attached hydrogens (tertiary/aromatic N) is 1. The van der Waals surface area contributed by atoms with Crippen molar-refractivity contribution >= 4 is 33.2 Å². The van der Waals surface area contributed by atoms with Crippen LogP contribution < -0.4 is 0 Å². The van der Waals surface area contributed by atoms with Gasteiger partial charge in [0.25, 0.3) is 5.91 Å². The molecule has 2 saturated heterocycles. The highest BCUT2D eigenvalue weighted by atomic mass is 79.9. The van der Waals surface area contributed by atoms with E-state index in [1.165, 1.54) is 23.5 Å². The van der Waals surface area contributed by atoms with E-state index in [1.807, 2.05) is 17.0 Å². The van der Waals surface area contributed by atoms with Gasteiger partial charge in [-0.1, -0.05) is 12.1 Å². The van der Waals surface area contributed by atoms with Crippen LogP contribution in [-0.2, 0) is 10.3 Å². The number of ether oxygens (including phenoxy) is 1. The minimum Gasteiger partial charge on any atom is -0.383 e. The molecule has 2 aliphatic rings. The van der Waals surface area contributed by atoms with Crippen LogP contribution in [0.25, 0.3) is 0 Å². The van der Waals surface area contributed by atoms with Gasteiger partial charge in [-0.3, -0.25) is 4.79 Å². The Morgan fingerprint density at radius 1 is 1.19 bits per heavy atom. The van der Waals surface area contributed by atoms with Crippen molar-refractivity contribution in [3.05, 3.63) is 56.4 Å². The molecule has 1 aromatic carbocycles. The van der Waals surface area contributed by atoms with Gasteiger partial charge in [0.2, 0.25) is 0 Å². The fraction of sp³-hybridized carbons (Fsp3) is 0.421. The zero-order valence-corrected chi connectivity index (χ0v) is 16.5. The average molecular weight is 440 g/mol. The van der Waals surface area contributed by atoms with E-state index >= 15 is 0 Å². The zero-order valence-electron chi connectivity index (χ0n) is 14.1. The van der Waals surface area contributed by atoms with E-state index in [-0.39, 0.29) is 18.3 Å². The summed E-state index contributed by atoms with van der Waals surface area (Å²) >= 11 is 4.82. The fourth-order valence-electron chi connectivity index (χ4n) is 3.88. The van der Waals surface area contributed by atoms with E-state index in [0.717, 1.165) is 8.66 Å². The molecule has 1 atom stereocenters. The Hall–Kier alpha value is -1.28. The Bertz CT molecular complexity index is 816. The van der Waals surface area contributed by atoms with Crippen molar-refractivity contribution in [3.63, 3.8) is 0 Å². The number of halogens is 2. The average Bonchev–Trinajstić information content (AvgIpc) is 3.20. The molecular weight excluding hydrogens is 421 g/mol. The standard InChI is InChI=1S/C19H19BrFNO3S/c20-16-6-5-15(26-16)17(23)22-9-7-18(8-10-22)11-19(24,12-25-18)13-1-3-14(21)4-2-13/h1-6,24H,7-12H2/t19-/m1/s1. The number of likely N-dealkylation sites (tertiary alicyclic amines) is 1. The lowest BCUT2D eigenvalue weighted by atomic mass is 9.80. The number of piperidine rings is 1. The summed E-state index contributed by atoms with van der Waals surface area (Å²) in [5.74, 6) is -0.277. The van der Waals surface area contributed by atoms with Crippen molar-refractivity contribution in [2.75, 3.05) is 19.7 Å². The minimum absolute atomic E-state index is 0.0438. The SMILES string of the molecule is O=C(c1ccc(Br)s1)N1CCC2(CC1)C[C@](O)(c1ccc(F)cc1)CO2. The number of carbonyl (C=O) groups excluding carboxylic acids is 1. The molecule has 1 spiro atoms. The molecule has 4 nitrogen and oxygen atoms in total. The number of hydrogen-bond acceptors (Lipinski definition) is 4. The molecule has 0 unspecified atom stereocenters. The van der Waals surface area contributed by atoms with Crippen LogP contribution in [0, 0.1) is 5.82 Å². The van der Waals surface area contributed by atoms with Crippen LogP contribution >= 0.6 is 27.3 Å². The highest BCUT2D eigenvalue weighted by molar-refractivity contribution is 9.11. The maximum Gasteiger partial charge on any atom is 0.263 e. The molecule has 138 valence electrons. The molecule has 1 aromatic heterocycles. The third-order valence-electron chi connectivity index (χ3n) is 5.36. The maximum absolute atomic E-state index is 13.2. The quantitative estimate of drug-likeness (QED) is 0.770. The van der Waals surface area contributed by atoms with Crippen molar-refractivity contribution in [1.29, 1.82) is 0 Å². The summed E-state index contributed by atoms with van der Waals surface area (Å²) in [5, 5.41) is 11.0. The molecule has 0 aliphatic carbocycles. The van der Waals surface area contributed by atoms with E-state index in [9.17, 15) is 14.3 Å². The Kier molecular flexibility index (Phi) is 4.67. The highest BCUT2D eigenvalue weighted by Crippen LogP contribution is 2.45. The van der Waals surface area contributed by atoms with Crippen molar-refractivity contribution in [3.8, 4) is 0 Å². The van der Waals surface area contributed by atoms with Crippen LogP contribution in [0.3, 0.4) is 0 Å². The molecule has 26 heavy (non-hydrogen) atoms. The van der Waals surface area contributed by atoms with Gasteiger partial charge in [-0.15, -0.1) is 11.3 Å². The summed E-state index contributed by atoms with van der Waals surface area (Å²) in [6.07, 6.45) is 1.85. The van der Waals surface area contributed by atoms with Gasteiger partial charge in [0, 0.05) is 19.5 Å². The lowest BCUT2D eigenvalue weighted by Crippen LogP contribution is -2.46. The second-order valence-electron chi connectivity index (χ2n) is 7.08. The predicted octanol–water partition coefficient (Wildman–Crippen LogP) is 3.93. The molecule has 3 heterocycles. The largest absolute Gasteiger partial charge is 0.383 e. The van der Waals surface area contributed by atoms with Crippen LogP contribution in [0.1, 0.15) is 34.5 Å². The molecule has 7 heteroatoms. The lowest BCUT2D eigenvalue weighted by Gasteiger charge is -2.39. The van der Waals surface area contributed by atoms with Gasteiger partial charge in [-0.25, -0.2) is 4.39 Å². The van der Waals surface area contributed by atoms with Crippen LogP contribution in [0.2, 0.25) is 0 Å². The summed E-state index contributed by atoms with van der Waals surface area (Å²) in [5.41, 5.74) is -0.841. The summed E-state index contributed by atoms with van der Waals surface area (Å²) in [4.78, 5) is 15.2. The number of aliphatic hydroxyl groups is 1. The van der Waals surface area contributed by atoms with Crippen molar-refractivity contribution < 1.29 is 19.0 Å². The molecule has 0 radical (unpaired) electrons. The molecule has 1 amide bonds. The monoisotopic (exact) mass is 439 g/mol. The second kappa shape index (κ2) is 6.71. The smallest absolute Gasteiger partial charge is 0.263 e. The van der Waals surface area contributed by atoms with Gasteiger partial charge in [0.15, 0.2) is 0 Å². The maximum atomic E-state index is 13.2. The number of amides is 1. The van der Waals surface area contributed by atoms with Crippen LogP contribution in [0.4, 0.5) is 4.39 Å². The Morgan fingerprint density at radius 2 is 1.88 bits per heavy atom. The minimum atomic E-state index is -1.10. The van der Waals surface area contributed by atoms with Gasteiger partial charge in [0.05, 0.1) is 20.9 Å². The molecule has 1 N–H and O–H groups in total. The highest BCUT2D eigenvalue weighted by Gasteiger charge is 2.51. The number of hydrogen-bond donors (Lipinski definition) is 1. The summed E-state index contributed by atoms with van der Waals surface area (Å²) in [7, 11) is 0. The van der Waals surface area contributed by atoms with Crippen molar-refractivity contribution in [2.24, 2.45) is 0 Å². The molecule has 2 aromatic rings. The van der Waals surface area contributed by atoms with Gasteiger partial charge < -0.3 is 14.7 Å². The van der Waals surface area contributed by atoms with Gasteiger partial charge in [-0.05, 0) is 58.6 Å². The molecule has 0 saturated carbocycles. The van der Waals surface area contributed by atoms with E-state index < -0.39 is 11.2 Å². The molecule has 2 fully saturated rings. The molecule has 0 bridgehead atoms. The topological polar surface area (TPSA) is 49.8 Å². The number of benzene rings is 1. The zero-order chi connectivity index (χ0) is 18.4. The van der Waals surface area contributed by atoms with Gasteiger partial charge >= 0.3 is 0 Å². The first kappa shape index (κ1) is 18.1. The van der Waals surface area contributed by atoms with Crippen LogP contribution in [0.5, 0.6) is 0 Å². The van der Waals surface area contributed by atoms with Crippen LogP contribution in [-0.4, -0.2) is 41.2 Å². The molecular formula is C19H19BrFNO3S. The third-order valence-corrected chi connectivity index (χ3v) is 6.97. The second-order valence-corrected chi connectivity index (χ2v) is 9.55. The summed E-state index contributed by atoms with van der Waals surface area (Å²) in [6.45, 7) is 1.41. The number of carbonyl (C=O) groups is 1. The van der Waals surface area contributed by atoms with E-state index in [4.69, 9.17) is 4.74 Å². The fourth-order valence-corrected chi connectivity index (χ4v) is 5.23. The first-order valence-electron chi connectivity index (χ1n) is 8.56. The first-order valence-corrected chi connectivity index (χ1v) is 10.2. The third kappa shape index (κ3) is 3.33. The van der Waals surface area contributed by atoms with E-state index in [1.54, 1.807) is 12.1 Å². The van der Waals surface area contributed by atoms with Gasteiger partial charge in [0.1, 0.15) is 11.4 Å². The molecule has 4 rings (SSSR count). The number of thiophene rings is 1.